The third kappa shape index (κ3) is 4.05. The highest BCUT2D eigenvalue weighted by Crippen LogP contribution is 2.24. The molecule has 0 aliphatic carbocycles. The molecule has 0 aliphatic rings. The van der Waals surface area contributed by atoms with Gasteiger partial charge in [-0.15, -0.1) is 0 Å². The molecule has 3 aromatic rings. The predicted octanol–water partition coefficient (Wildman–Crippen LogP) is 4.80. The van der Waals surface area contributed by atoms with Crippen LogP contribution in [-0.2, 0) is 6.54 Å². The van der Waals surface area contributed by atoms with Crippen molar-refractivity contribution in [1.82, 2.24) is 0 Å². The van der Waals surface area contributed by atoms with Gasteiger partial charge in [-0.1, -0.05) is 36.4 Å². The maximum atomic E-state index is 12.3. The highest BCUT2D eigenvalue weighted by atomic mass is 16.1. The van der Waals surface area contributed by atoms with Crippen molar-refractivity contribution in [2.45, 2.75) is 6.54 Å². The number of nitrogens with one attached hydrogen (secondary N) is 3. The zero-order valence-corrected chi connectivity index (χ0v) is 14.1. The molecule has 26 heavy (non-hydrogen) atoms. The molecule has 130 valence electrons. The maximum Gasteiger partial charge on any atom is 0.255 e. The number of carbonyl (C=O) groups excluding carboxylic acids is 1. The van der Waals surface area contributed by atoms with Crippen LogP contribution in [0.25, 0.3) is 0 Å². The van der Waals surface area contributed by atoms with Crippen LogP contribution in [0.1, 0.15) is 15.9 Å². The molecule has 0 fully saturated rings. The van der Waals surface area contributed by atoms with Crippen molar-refractivity contribution < 1.29 is 4.79 Å². The molecule has 3 aromatic carbocycles. The average Bonchev–Trinajstić information content (AvgIpc) is 2.68. The van der Waals surface area contributed by atoms with Gasteiger partial charge in [0.1, 0.15) is 5.69 Å². The highest BCUT2D eigenvalue weighted by molar-refractivity contribution is 6.05. The molecule has 0 aromatic heterocycles. The van der Waals surface area contributed by atoms with E-state index in [1.807, 2.05) is 42.5 Å². The van der Waals surface area contributed by atoms with Crippen molar-refractivity contribution in [1.29, 1.82) is 5.53 Å². The molecule has 1 amide bonds. The maximum absolute atomic E-state index is 12.3. The summed E-state index contributed by atoms with van der Waals surface area (Å²) in [5.41, 5.74) is 17.1. The lowest BCUT2D eigenvalue weighted by Gasteiger charge is -2.10. The number of amides is 1. The van der Waals surface area contributed by atoms with Gasteiger partial charge in [-0.2, -0.15) is 5.11 Å². The molecule has 0 spiro atoms. The second-order valence-electron chi connectivity index (χ2n) is 5.72. The third-order valence-corrected chi connectivity index (χ3v) is 3.93. The van der Waals surface area contributed by atoms with Gasteiger partial charge in [0.2, 0.25) is 0 Å². The first-order valence-electron chi connectivity index (χ1n) is 8.12. The van der Waals surface area contributed by atoms with E-state index in [0.29, 0.717) is 29.2 Å². The Morgan fingerprint density at radius 2 is 1.58 bits per heavy atom. The zero-order valence-electron chi connectivity index (χ0n) is 14.1. The first-order chi connectivity index (χ1) is 12.7. The summed E-state index contributed by atoms with van der Waals surface area (Å²) in [6.45, 7) is 0.570. The molecule has 0 saturated carbocycles. The predicted molar refractivity (Wildman–Crippen MR) is 104 cm³/mol. The number of benzene rings is 3. The van der Waals surface area contributed by atoms with Crippen molar-refractivity contribution in [3.63, 3.8) is 0 Å². The van der Waals surface area contributed by atoms with Gasteiger partial charge < -0.3 is 16.4 Å². The van der Waals surface area contributed by atoms with E-state index < -0.39 is 0 Å². The lowest BCUT2D eigenvalue weighted by molar-refractivity contribution is 0.102. The van der Waals surface area contributed by atoms with Crippen LogP contribution in [0.3, 0.4) is 0 Å². The summed E-state index contributed by atoms with van der Waals surface area (Å²) < 4.78 is 0. The van der Waals surface area contributed by atoms with E-state index in [0.717, 1.165) is 11.3 Å². The van der Waals surface area contributed by atoms with Gasteiger partial charge >= 0.3 is 0 Å². The Labute approximate surface area is 151 Å². The van der Waals surface area contributed by atoms with Gasteiger partial charge in [0.15, 0.2) is 0 Å². The number of carbonyl (C=O) groups is 1. The van der Waals surface area contributed by atoms with Crippen molar-refractivity contribution in [3.8, 4) is 0 Å². The number of nitrogens with two attached hydrogens (primary N) is 1. The topological polar surface area (TPSA) is 103 Å². The average molecular weight is 345 g/mol. The lowest BCUT2D eigenvalue weighted by atomic mass is 10.1. The number of nitrogen functional groups attached to an aromatic ring is 1. The second-order valence-corrected chi connectivity index (χ2v) is 5.72. The van der Waals surface area contributed by atoms with E-state index in [1.165, 1.54) is 0 Å². The Kier molecular flexibility index (Phi) is 5.24. The third-order valence-electron chi connectivity index (χ3n) is 3.93. The Bertz CT molecular complexity index is 921. The number of hydrogen-bond donors (Lipinski definition) is 4. The van der Waals surface area contributed by atoms with Gasteiger partial charge in [0, 0.05) is 12.1 Å². The standard InChI is InChI=1S/C20H19N5O/c21-16-5-1-2-6-17(16)24-20(26)15-11-9-14(10-12-15)13-23-18-7-3-4-8-19(18)25-22/h1-12,22-23H,13,21H2,(H,24,26). The number of para-hydroxylation sites is 4. The van der Waals surface area contributed by atoms with E-state index in [2.05, 4.69) is 15.7 Å². The molecule has 0 aliphatic heterocycles. The fraction of sp³-hybridized carbons (Fsp3) is 0.0500. The van der Waals surface area contributed by atoms with E-state index in [9.17, 15) is 4.79 Å². The molecule has 6 nitrogen and oxygen atoms in total. The largest absolute Gasteiger partial charge is 0.397 e. The highest BCUT2D eigenvalue weighted by Gasteiger charge is 2.08. The van der Waals surface area contributed by atoms with Gasteiger partial charge in [0.05, 0.1) is 17.1 Å². The number of rotatable bonds is 6. The summed E-state index contributed by atoms with van der Waals surface area (Å²) in [6, 6.07) is 21.8. The Balaban J connectivity index is 1.64. The fourth-order valence-electron chi connectivity index (χ4n) is 2.50. The summed E-state index contributed by atoms with van der Waals surface area (Å²) >= 11 is 0. The van der Waals surface area contributed by atoms with E-state index in [1.54, 1.807) is 30.3 Å². The van der Waals surface area contributed by atoms with Gasteiger partial charge in [-0.05, 0) is 42.0 Å². The zero-order chi connectivity index (χ0) is 18.4. The first-order valence-corrected chi connectivity index (χ1v) is 8.12. The number of hydrogen-bond acceptors (Lipinski definition) is 5. The van der Waals surface area contributed by atoms with Crippen molar-refractivity contribution in [2.75, 3.05) is 16.4 Å². The van der Waals surface area contributed by atoms with Crippen LogP contribution in [-0.4, -0.2) is 5.91 Å². The molecule has 3 rings (SSSR count). The normalized spacial score (nSPS) is 10.2. The van der Waals surface area contributed by atoms with Crippen LogP contribution in [0.5, 0.6) is 0 Å². The minimum Gasteiger partial charge on any atom is -0.397 e. The van der Waals surface area contributed by atoms with Gasteiger partial charge in [0.25, 0.3) is 5.91 Å². The first kappa shape index (κ1) is 17.2. The number of anilines is 3. The van der Waals surface area contributed by atoms with Crippen molar-refractivity contribution >= 4 is 28.7 Å². The van der Waals surface area contributed by atoms with Gasteiger partial charge in [-0.25, -0.2) is 5.53 Å². The van der Waals surface area contributed by atoms with Crippen LogP contribution >= 0.6 is 0 Å². The van der Waals surface area contributed by atoms with Crippen LogP contribution in [0, 0.1) is 5.53 Å². The van der Waals surface area contributed by atoms with Gasteiger partial charge in [-0.3, -0.25) is 4.79 Å². The van der Waals surface area contributed by atoms with Crippen molar-refractivity contribution in [2.24, 2.45) is 5.11 Å². The molecular formula is C20H19N5O. The summed E-state index contributed by atoms with van der Waals surface area (Å²) in [5, 5.41) is 9.54. The summed E-state index contributed by atoms with van der Waals surface area (Å²) in [7, 11) is 0. The lowest BCUT2D eigenvalue weighted by Crippen LogP contribution is -2.13. The molecule has 6 heteroatoms. The van der Waals surface area contributed by atoms with Crippen molar-refractivity contribution in [3.05, 3.63) is 83.9 Å². The molecule has 0 bridgehead atoms. The molecule has 0 atom stereocenters. The summed E-state index contributed by atoms with van der Waals surface area (Å²) in [5.74, 6) is -0.208. The minimum atomic E-state index is -0.208. The second kappa shape index (κ2) is 7.94. The molecule has 0 unspecified atom stereocenters. The molecular weight excluding hydrogens is 326 g/mol. The SMILES string of the molecule is N=Nc1ccccc1NCc1ccc(C(=O)Nc2ccccc2N)cc1. The van der Waals surface area contributed by atoms with E-state index in [4.69, 9.17) is 11.3 Å². The Morgan fingerprint density at radius 3 is 2.27 bits per heavy atom. The molecule has 0 heterocycles. The Morgan fingerprint density at radius 1 is 0.923 bits per heavy atom. The quantitative estimate of drug-likeness (QED) is 0.381. The number of nitrogens with zero attached hydrogens (tertiary/aromatic N) is 1. The molecule has 5 N–H and O–H groups in total. The van der Waals surface area contributed by atoms with Crippen LogP contribution in [0.2, 0.25) is 0 Å². The van der Waals surface area contributed by atoms with Crippen LogP contribution in [0.15, 0.2) is 77.9 Å². The monoisotopic (exact) mass is 345 g/mol. The molecule has 0 saturated heterocycles. The minimum absolute atomic E-state index is 0.208. The van der Waals surface area contributed by atoms with E-state index in [-0.39, 0.29) is 5.91 Å². The molecule has 0 radical (unpaired) electrons. The van der Waals surface area contributed by atoms with E-state index >= 15 is 0 Å². The summed E-state index contributed by atoms with van der Waals surface area (Å²) in [4.78, 5) is 12.3. The fourth-order valence-corrected chi connectivity index (χ4v) is 2.50. The Hall–Kier alpha value is -3.67. The van der Waals surface area contributed by atoms with Crippen LogP contribution in [0.4, 0.5) is 22.7 Å². The summed E-state index contributed by atoms with van der Waals surface area (Å²) in [6.07, 6.45) is 0. The van der Waals surface area contributed by atoms with Crippen LogP contribution < -0.4 is 16.4 Å². The smallest absolute Gasteiger partial charge is 0.255 e.